The number of imide groups is 1. The van der Waals surface area contributed by atoms with E-state index in [1.165, 1.54) is 5.56 Å². The van der Waals surface area contributed by atoms with E-state index in [-0.39, 0.29) is 24.8 Å². The van der Waals surface area contributed by atoms with Gasteiger partial charge in [0.1, 0.15) is 0 Å². The van der Waals surface area contributed by atoms with E-state index in [1.807, 2.05) is 23.1 Å². The predicted octanol–water partition coefficient (Wildman–Crippen LogP) is 2.38. The van der Waals surface area contributed by atoms with Crippen molar-refractivity contribution >= 4 is 29.6 Å². The molecule has 7 nitrogen and oxygen atoms in total. The molecule has 3 aliphatic rings. The molecule has 0 bridgehead atoms. The lowest BCUT2D eigenvalue weighted by Gasteiger charge is -2.35. The van der Waals surface area contributed by atoms with Crippen LogP contribution in [0, 0.1) is 5.92 Å². The van der Waals surface area contributed by atoms with E-state index in [1.54, 1.807) is 24.3 Å². The molecule has 2 aliphatic heterocycles. The van der Waals surface area contributed by atoms with Crippen LogP contribution in [-0.2, 0) is 9.59 Å². The highest BCUT2D eigenvalue weighted by Gasteiger charge is 2.36. The van der Waals surface area contributed by atoms with Gasteiger partial charge in [-0.15, -0.1) is 0 Å². The number of hydrogen-bond acceptors (Lipinski definition) is 4. The molecule has 0 aromatic heterocycles. The van der Waals surface area contributed by atoms with Crippen LogP contribution in [0.4, 0.5) is 4.79 Å². The highest BCUT2D eigenvalue weighted by atomic mass is 16.2. The summed E-state index contributed by atoms with van der Waals surface area (Å²) in [6.45, 7) is 3.83. The van der Waals surface area contributed by atoms with Crippen LogP contribution in [0.25, 0.3) is 6.08 Å². The molecule has 1 fully saturated rings. The van der Waals surface area contributed by atoms with Crippen molar-refractivity contribution in [3.8, 4) is 0 Å². The predicted molar refractivity (Wildman–Crippen MR) is 119 cm³/mol. The summed E-state index contributed by atoms with van der Waals surface area (Å²) in [5.74, 6) is -0.863. The van der Waals surface area contributed by atoms with Crippen LogP contribution in [0.1, 0.15) is 12.0 Å². The average Bonchev–Trinajstić information content (AvgIpc) is 2.80. The Bertz CT molecular complexity index is 956. The number of hydrogen-bond donors (Lipinski definition) is 0. The molecule has 0 N–H and O–H groups in total. The Morgan fingerprint density at radius 3 is 2.61 bits per heavy atom. The van der Waals surface area contributed by atoms with Crippen molar-refractivity contribution in [2.45, 2.75) is 6.42 Å². The smallest absolute Gasteiger partial charge is 0.340 e. The Morgan fingerprint density at radius 2 is 1.84 bits per heavy atom. The third kappa shape index (κ3) is 5.06. The second kappa shape index (κ2) is 9.66. The lowest BCUT2D eigenvalue weighted by Crippen LogP contribution is -2.50. The minimum Gasteiger partial charge on any atom is -0.340 e. The monoisotopic (exact) mass is 418 g/mol. The number of amides is 4. The van der Waals surface area contributed by atoms with E-state index in [0.717, 1.165) is 24.5 Å². The highest BCUT2D eigenvalue weighted by molar-refractivity contribution is 6.21. The van der Waals surface area contributed by atoms with Crippen molar-refractivity contribution in [3.05, 3.63) is 66.3 Å². The lowest BCUT2D eigenvalue weighted by atomic mass is 9.95. The van der Waals surface area contributed by atoms with Gasteiger partial charge >= 0.3 is 6.03 Å². The fraction of sp³-hybridized carbons (Fsp3) is 0.333. The summed E-state index contributed by atoms with van der Waals surface area (Å²) in [6.07, 6.45) is 11.3. The van der Waals surface area contributed by atoms with Gasteiger partial charge in [0.25, 0.3) is 0 Å². The summed E-state index contributed by atoms with van der Waals surface area (Å²) >= 11 is 0. The molecule has 0 spiro atoms. The topological polar surface area (TPSA) is 73.3 Å². The molecule has 31 heavy (non-hydrogen) atoms. The number of fused-ring (bicyclic) bond motifs is 1. The summed E-state index contributed by atoms with van der Waals surface area (Å²) in [5.41, 5.74) is 1.65. The zero-order chi connectivity index (χ0) is 21.6. The average molecular weight is 418 g/mol. The maximum atomic E-state index is 12.6. The van der Waals surface area contributed by atoms with Gasteiger partial charge in [0.15, 0.2) is 0 Å². The van der Waals surface area contributed by atoms with Crippen molar-refractivity contribution in [2.24, 2.45) is 10.9 Å². The number of urea groups is 1. The number of benzene rings is 1. The van der Waals surface area contributed by atoms with E-state index < -0.39 is 11.9 Å². The summed E-state index contributed by atoms with van der Waals surface area (Å²) in [7, 11) is 0. The largest absolute Gasteiger partial charge is 0.350 e. The van der Waals surface area contributed by atoms with Gasteiger partial charge in [0.2, 0.25) is 11.8 Å². The Morgan fingerprint density at radius 1 is 1.06 bits per heavy atom. The molecule has 1 unspecified atom stereocenters. The molecule has 1 aromatic carbocycles. The zero-order valence-electron chi connectivity index (χ0n) is 17.4. The van der Waals surface area contributed by atoms with Crippen LogP contribution < -0.4 is 0 Å². The van der Waals surface area contributed by atoms with Gasteiger partial charge in [-0.1, -0.05) is 60.7 Å². The third-order valence-electron chi connectivity index (χ3n) is 5.74. The van der Waals surface area contributed by atoms with Gasteiger partial charge in [-0.3, -0.25) is 19.4 Å². The number of nitrogens with zero attached hydrogens (tertiary/aromatic N) is 4. The minimum absolute atomic E-state index is 0.0334. The van der Waals surface area contributed by atoms with Crippen molar-refractivity contribution in [1.29, 1.82) is 0 Å². The van der Waals surface area contributed by atoms with E-state index in [2.05, 4.69) is 34.2 Å². The van der Waals surface area contributed by atoms with Gasteiger partial charge in [-0.05, 0) is 11.6 Å². The van der Waals surface area contributed by atoms with Crippen molar-refractivity contribution in [3.63, 3.8) is 0 Å². The number of aliphatic imine (C=N–C) groups is 1. The fourth-order valence-corrected chi connectivity index (χ4v) is 3.93. The Balaban J connectivity index is 1.22. The second-order valence-corrected chi connectivity index (χ2v) is 7.78. The van der Waals surface area contributed by atoms with Crippen LogP contribution in [0.5, 0.6) is 0 Å². The van der Waals surface area contributed by atoms with Crippen LogP contribution >= 0.6 is 0 Å². The molecule has 7 heteroatoms. The molecule has 1 aromatic rings. The van der Waals surface area contributed by atoms with E-state index in [4.69, 9.17) is 0 Å². The van der Waals surface area contributed by atoms with Gasteiger partial charge < -0.3 is 4.90 Å². The molecule has 4 amide bonds. The normalized spacial score (nSPS) is 21.5. The van der Waals surface area contributed by atoms with E-state index >= 15 is 0 Å². The summed E-state index contributed by atoms with van der Waals surface area (Å²) < 4.78 is 0. The van der Waals surface area contributed by atoms with Gasteiger partial charge in [0, 0.05) is 45.7 Å². The van der Waals surface area contributed by atoms with Crippen molar-refractivity contribution < 1.29 is 14.4 Å². The van der Waals surface area contributed by atoms with Crippen molar-refractivity contribution in [1.82, 2.24) is 14.7 Å². The Hall–Kier alpha value is -3.32. The first-order valence-electron chi connectivity index (χ1n) is 10.6. The summed E-state index contributed by atoms with van der Waals surface area (Å²) in [5, 5.41) is 0. The number of carbonyl (C=O) groups is 3. The SMILES string of the molecule is O=C(CCN1C(=O)N=C2C=CC=CC2C1=O)N1CCN(C/C=C/c2ccccc2)CC1. The molecule has 4 rings (SSSR count). The van der Waals surface area contributed by atoms with Gasteiger partial charge in [-0.25, -0.2) is 4.79 Å². The number of piperazine rings is 1. The summed E-state index contributed by atoms with van der Waals surface area (Å²) in [4.78, 5) is 46.7. The fourth-order valence-electron chi connectivity index (χ4n) is 3.93. The van der Waals surface area contributed by atoms with Gasteiger partial charge in [0.05, 0.1) is 11.6 Å². The van der Waals surface area contributed by atoms with Crippen molar-refractivity contribution in [2.75, 3.05) is 39.3 Å². The number of rotatable bonds is 6. The third-order valence-corrected chi connectivity index (χ3v) is 5.74. The first kappa shape index (κ1) is 20.9. The van der Waals surface area contributed by atoms with Crippen LogP contribution in [0.2, 0.25) is 0 Å². The van der Waals surface area contributed by atoms with Crippen LogP contribution in [-0.4, -0.2) is 77.5 Å². The molecule has 1 aliphatic carbocycles. The first-order valence-corrected chi connectivity index (χ1v) is 10.6. The molecular weight excluding hydrogens is 392 g/mol. The maximum Gasteiger partial charge on any atom is 0.350 e. The molecule has 1 saturated heterocycles. The Kier molecular flexibility index (Phi) is 6.52. The quantitative estimate of drug-likeness (QED) is 0.711. The summed E-state index contributed by atoms with van der Waals surface area (Å²) in [6, 6.07) is 9.59. The van der Waals surface area contributed by atoms with E-state index in [0.29, 0.717) is 18.8 Å². The second-order valence-electron chi connectivity index (χ2n) is 7.78. The van der Waals surface area contributed by atoms with E-state index in [9.17, 15) is 14.4 Å². The highest BCUT2D eigenvalue weighted by Crippen LogP contribution is 2.20. The first-order chi connectivity index (χ1) is 15.1. The molecule has 160 valence electrons. The zero-order valence-corrected chi connectivity index (χ0v) is 17.4. The van der Waals surface area contributed by atoms with Crippen LogP contribution in [0.3, 0.4) is 0 Å². The standard InChI is InChI=1S/C24H26N4O3/c29-22(12-14-28-23(30)20-10-4-5-11-21(20)25-24(28)31)27-17-15-26(16-18-27)13-6-9-19-7-2-1-3-8-19/h1-11,20H,12-18H2/b9-6+. The Labute approximate surface area is 182 Å². The molecular formula is C24H26N4O3. The lowest BCUT2D eigenvalue weighted by molar-refractivity contribution is -0.134. The number of carbonyl (C=O) groups excluding carboxylic acids is 3. The van der Waals surface area contributed by atoms with Gasteiger partial charge in [-0.2, -0.15) is 4.99 Å². The minimum atomic E-state index is -0.584. The molecule has 1 atom stereocenters. The molecule has 0 radical (unpaired) electrons. The maximum absolute atomic E-state index is 12.6. The molecule has 2 heterocycles. The molecule has 0 saturated carbocycles. The number of allylic oxidation sites excluding steroid dienone is 3. The van der Waals surface area contributed by atoms with Crippen LogP contribution in [0.15, 0.2) is 65.7 Å².